The van der Waals surface area contributed by atoms with Crippen molar-refractivity contribution in [2.45, 2.75) is 76.9 Å². The normalized spacial score (nSPS) is 14.0. The van der Waals surface area contributed by atoms with Crippen molar-refractivity contribution in [2.24, 2.45) is 0 Å². The van der Waals surface area contributed by atoms with Gasteiger partial charge in [-0.05, 0) is 45.1 Å². The van der Waals surface area contributed by atoms with Crippen molar-refractivity contribution in [3.05, 3.63) is 21.8 Å². The fourth-order valence-corrected chi connectivity index (χ4v) is 5.64. The molecule has 0 saturated carbocycles. The molecule has 0 aromatic carbocycles. The van der Waals surface area contributed by atoms with Gasteiger partial charge in [-0.15, -0.1) is 21.5 Å². The SMILES string of the molecule is CC(C)c1nnc(SCC(=O)Nc2sc3c(c2C#N)CCCCC3)n1C(C)C. The van der Waals surface area contributed by atoms with Gasteiger partial charge in [0.05, 0.1) is 11.3 Å². The number of aromatic nitrogens is 3. The van der Waals surface area contributed by atoms with Crippen LogP contribution in [0, 0.1) is 11.3 Å². The Morgan fingerprint density at radius 3 is 2.68 bits per heavy atom. The lowest BCUT2D eigenvalue weighted by molar-refractivity contribution is -0.113. The molecule has 1 amide bonds. The van der Waals surface area contributed by atoms with Gasteiger partial charge < -0.3 is 9.88 Å². The fourth-order valence-electron chi connectivity index (χ4n) is 3.51. The number of aryl methyl sites for hydroxylation is 1. The van der Waals surface area contributed by atoms with Crippen LogP contribution in [0.3, 0.4) is 0 Å². The molecule has 6 nitrogen and oxygen atoms in total. The molecule has 0 aliphatic heterocycles. The second-order valence-electron chi connectivity index (χ2n) is 7.68. The number of hydrogen-bond donors (Lipinski definition) is 1. The van der Waals surface area contributed by atoms with Gasteiger partial charge in [0.15, 0.2) is 5.16 Å². The first-order valence-corrected chi connectivity index (χ1v) is 11.6. The summed E-state index contributed by atoms with van der Waals surface area (Å²) in [6, 6.07) is 2.55. The second-order valence-corrected chi connectivity index (χ2v) is 9.72. The smallest absolute Gasteiger partial charge is 0.235 e. The van der Waals surface area contributed by atoms with Gasteiger partial charge in [0, 0.05) is 16.8 Å². The van der Waals surface area contributed by atoms with E-state index >= 15 is 0 Å². The van der Waals surface area contributed by atoms with E-state index in [9.17, 15) is 10.1 Å². The van der Waals surface area contributed by atoms with Gasteiger partial charge in [0.25, 0.3) is 0 Å². The third-order valence-electron chi connectivity index (χ3n) is 4.84. The number of amides is 1. The maximum absolute atomic E-state index is 12.6. The monoisotopic (exact) mass is 417 g/mol. The lowest BCUT2D eigenvalue weighted by Crippen LogP contribution is -2.15. The zero-order valence-corrected chi connectivity index (χ0v) is 18.5. The Hall–Kier alpha value is -1.85. The van der Waals surface area contributed by atoms with Crippen LogP contribution in [-0.4, -0.2) is 26.4 Å². The van der Waals surface area contributed by atoms with Crippen LogP contribution in [0.15, 0.2) is 5.16 Å². The molecule has 2 heterocycles. The van der Waals surface area contributed by atoms with Gasteiger partial charge >= 0.3 is 0 Å². The highest BCUT2D eigenvalue weighted by Crippen LogP contribution is 2.37. The summed E-state index contributed by atoms with van der Waals surface area (Å²) in [7, 11) is 0. The summed E-state index contributed by atoms with van der Waals surface area (Å²) in [6.45, 7) is 8.37. The molecule has 0 unspecified atom stereocenters. The molecule has 0 spiro atoms. The van der Waals surface area contributed by atoms with Crippen molar-refractivity contribution in [1.82, 2.24) is 14.8 Å². The minimum atomic E-state index is -0.109. The fraction of sp³-hybridized carbons (Fsp3) is 0.600. The molecule has 28 heavy (non-hydrogen) atoms. The highest BCUT2D eigenvalue weighted by Gasteiger charge is 2.22. The molecule has 1 aliphatic rings. The summed E-state index contributed by atoms with van der Waals surface area (Å²) in [5, 5.41) is 22.6. The van der Waals surface area contributed by atoms with Crippen molar-refractivity contribution < 1.29 is 4.79 Å². The Balaban J connectivity index is 1.70. The number of nitrogens with zero attached hydrogens (tertiary/aromatic N) is 4. The van der Waals surface area contributed by atoms with Gasteiger partial charge in [-0.25, -0.2) is 0 Å². The molecule has 0 fully saturated rings. The molecule has 1 aliphatic carbocycles. The molecule has 0 saturated heterocycles. The first kappa shape index (κ1) is 20.9. The second kappa shape index (κ2) is 9.10. The van der Waals surface area contributed by atoms with Gasteiger partial charge in [0.1, 0.15) is 16.9 Å². The number of carbonyl (C=O) groups is 1. The van der Waals surface area contributed by atoms with Crippen LogP contribution in [-0.2, 0) is 17.6 Å². The third-order valence-corrected chi connectivity index (χ3v) is 6.99. The maximum atomic E-state index is 12.6. The average molecular weight is 418 g/mol. The molecule has 0 radical (unpaired) electrons. The van der Waals surface area contributed by atoms with E-state index in [1.165, 1.54) is 23.1 Å². The number of carbonyl (C=O) groups excluding carboxylic acids is 1. The topological polar surface area (TPSA) is 83.6 Å². The Morgan fingerprint density at radius 2 is 2.00 bits per heavy atom. The van der Waals surface area contributed by atoms with E-state index in [4.69, 9.17) is 0 Å². The van der Waals surface area contributed by atoms with Crippen LogP contribution in [0.25, 0.3) is 0 Å². The largest absolute Gasteiger partial charge is 0.316 e. The quantitative estimate of drug-likeness (QED) is 0.533. The van der Waals surface area contributed by atoms with E-state index in [1.54, 1.807) is 11.3 Å². The lowest BCUT2D eigenvalue weighted by Gasteiger charge is -2.15. The predicted molar refractivity (Wildman–Crippen MR) is 114 cm³/mol. The zero-order valence-electron chi connectivity index (χ0n) is 16.9. The molecule has 2 aromatic heterocycles. The molecule has 0 bridgehead atoms. The van der Waals surface area contributed by atoms with Gasteiger partial charge in [-0.1, -0.05) is 32.0 Å². The number of anilines is 1. The molecular formula is C20H27N5OS2. The van der Waals surface area contributed by atoms with Crippen LogP contribution in [0.1, 0.15) is 80.7 Å². The number of thioether (sulfide) groups is 1. The standard InChI is InChI=1S/C20H27N5OS2/c1-12(2)18-23-24-20(25(18)13(3)4)27-11-17(26)22-19-15(10-21)14-8-6-5-7-9-16(14)28-19/h12-13H,5-9,11H2,1-4H3,(H,22,26). The average Bonchev–Trinajstić information content (AvgIpc) is 3.14. The molecular weight excluding hydrogens is 390 g/mol. The summed E-state index contributed by atoms with van der Waals surface area (Å²) in [5.41, 5.74) is 1.81. The van der Waals surface area contributed by atoms with Crippen molar-refractivity contribution in [1.29, 1.82) is 5.26 Å². The molecule has 1 N–H and O–H groups in total. The summed E-state index contributed by atoms with van der Waals surface area (Å²) >= 11 is 2.96. The molecule has 8 heteroatoms. The Labute approximate surface area is 174 Å². The van der Waals surface area contributed by atoms with Crippen LogP contribution in [0.4, 0.5) is 5.00 Å². The first-order chi connectivity index (χ1) is 13.4. The summed E-state index contributed by atoms with van der Waals surface area (Å²) in [6.07, 6.45) is 5.43. The minimum Gasteiger partial charge on any atom is -0.316 e. The van der Waals surface area contributed by atoms with Crippen LogP contribution in [0.5, 0.6) is 0 Å². The zero-order chi connectivity index (χ0) is 20.3. The molecule has 0 atom stereocenters. The molecule has 150 valence electrons. The molecule has 2 aromatic rings. The molecule has 3 rings (SSSR count). The van der Waals surface area contributed by atoms with Gasteiger partial charge in [-0.2, -0.15) is 5.26 Å². The van der Waals surface area contributed by atoms with E-state index in [1.807, 2.05) is 0 Å². The number of rotatable bonds is 6. The number of thiophene rings is 1. The number of nitriles is 1. The van der Waals surface area contributed by atoms with Crippen LogP contribution in [0.2, 0.25) is 0 Å². The van der Waals surface area contributed by atoms with E-state index in [0.717, 1.165) is 42.2 Å². The van der Waals surface area contributed by atoms with Crippen molar-refractivity contribution in [3.8, 4) is 6.07 Å². The lowest BCUT2D eigenvalue weighted by atomic mass is 10.1. The highest BCUT2D eigenvalue weighted by atomic mass is 32.2. The Morgan fingerprint density at radius 1 is 1.25 bits per heavy atom. The van der Waals surface area contributed by atoms with E-state index in [2.05, 4.69) is 53.8 Å². The highest BCUT2D eigenvalue weighted by molar-refractivity contribution is 7.99. The summed E-state index contributed by atoms with van der Waals surface area (Å²) in [4.78, 5) is 13.8. The predicted octanol–water partition coefficient (Wildman–Crippen LogP) is 4.92. The minimum absolute atomic E-state index is 0.109. The van der Waals surface area contributed by atoms with Crippen LogP contribution < -0.4 is 5.32 Å². The van der Waals surface area contributed by atoms with Crippen molar-refractivity contribution in [2.75, 3.05) is 11.1 Å². The van der Waals surface area contributed by atoms with Gasteiger partial charge in [0.2, 0.25) is 5.91 Å². The van der Waals surface area contributed by atoms with E-state index in [-0.39, 0.29) is 23.6 Å². The van der Waals surface area contributed by atoms with Crippen molar-refractivity contribution in [3.63, 3.8) is 0 Å². The maximum Gasteiger partial charge on any atom is 0.235 e. The van der Waals surface area contributed by atoms with Gasteiger partial charge in [-0.3, -0.25) is 4.79 Å². The number of hydrogen-bond acceptors (Lipinski definition) is 6. The Kier molecular flexibility index (Phi) is 6.78. The number of fused-ring (bicyclic) bond motifs is 1. The van der Waals surface area contributed by atoms with E-state index < -0.39 is 0 Å². The van der Waals surface area contributed by atoms with E-state index in [0.29, 0.717) is 10.6 Å². The third kappa shape index (κ3) is 4.41. The van der Waals surface area contributed by atoms with Crippen molar-refractivity contribution >= 4 is 34.0 Å². The number of nitrogens with one attached hydrogen (secondary N) is 1. The first-order valence-electron chi connectivity index (χ1n) is 9.84. The summed E-state index contributed by atoms with van der Waals surface area (Å²) in [5.74, 6) is 1.35. The summed E-state index contributed by atoms with van der Waals surface area (Å²) < 4.78 is 2.09. The Bertz CT molecular complexity index is 891. The van der Waals surface area contributed by atoms with Crippen LogP contribution >= 0.6 is 23.1 Å².